The van der Waals surface area contributed by atoms with Crippen LogP contribution in [0.25, 0.3) is 6.08 Å². The van der Waals surface area contributed by atoms with E-state index in [0.29, 0.717) is 11.5 Å². The van der Waals surface area contributed by atoms with Gasteiger partial charge in [0.15, 0.2) is 11.5 Å². The monoisotopic (exact) mass is 342 g/mol. The van der Waals surface area contributed by atoms with Crippen molar-refractivity contribution in [1.29, 1.82) is 5.26 Å². The number of nitrogens with one attached hydrogen (secondary N) is 1. The molecule has 1 fully saturated rings. The van der Waals surface area contributed by atoms with Gasteiger partial charge in [-0.3, -0.25) is 4.79 Å². The van der Waals surface area contributed by atoms with Crippen LogP contribution in [0.1, 0.15) is 51.5 Å². The van der Waals surface area contributed by atoms with Crippen LogP contribution in [0.15, 0.2) is 23.8 Å². The zero-order valence-corrected chi connectivity index (χ0v) is 15.2. The van der Waals surface area contributed by atoms with E-state index in [4.69, 9.17) is 9.47 Å². The van der Waals surface area contributed by atoms with Crippen molar-refractivity contribution in [3.63, 3.8) is 0 Å². The Labute approximate surface area is 149 Å². The third kappa shape index (κ3) is 5.53. The van der Waals surface area contributed by atoms with Gasteiger partial charge < -0.3 is 14.8 Å². The Morgan fingerprint density at radius 3 is 2.60 bits per heavy atom. The highest BCUT2D eigenvalue weighted by Gasteiger charge is 2.18. The lowest BCUT2D eigenvalue weighted by Crippen LogP contribution is -2.36. The van der Waals surface area contributed by atoms with Crippen molar-refractivity contribution in [2.24, 2.45) is 0 Å². The Morgan fingerprint density at radius 2 is 2.00 bits per heavy atom. The standard InChI is InChI=1S/C20H26N2O3/c1-14(2)25-18-10-9-15(12-19(18)24-3)11-16(13-21)20(23)22-17-7-5-4-6-8-17/h9-12,14,17H,4-8H2,1-3H3,(H,22,23). The Morgan fingerprint density at radius 1 is 1.28 bits per heavy atom. The molecule has 0 radical (unpaired) electrons. The molecule has 0 aliphatic heterocycles. The average molecular weight is 342 g/mol. The molecule has 5 nitrogen and oxygen atoms in total. The van der Waals surface area contributed by atoms with Crippen molar-refractivity contribution < 1.29 is 14.3 Å². The van der Waals surface area contributed by atoms with Crippen LogP contribution in [0.2, 0.25) is 0 Å². The predicted octanol–water partition coefficient (Wildman–Crippen LogP) is 3.84. The summed E-state index contributed by atoms with van der Waals surface area (Å²) >= 11 is 0. The van der Waals surface area contributed by atoms with Crippen molar-refractivity contribution in [3.8, 4) is 17.6 Å². The summed E-state index contributed by atoms with van der Waals surface area (Å²) in [5.41, 5.74) is 0.827. The highest BCUT2D eigenvalue weighted by molar-refractivity contribution is 6.01. The molecule has 1 amide bonds. The molecule has 0 heterocycles. The number of nitriles is 1. The normalized spacial score (nSPS) is 15.6. The molecule has 5 heteroatoms. The molecule has 0 saturated heterocycles. The van der Waals surface area contributed by atoms with Gasteiger partial charge in [-0.2, -0.15) is 5.26 Å². The summed E-state index contributed by atoms with van der Waals surface area (Å²) in [4.78, 5) is 12.4. The van der Waals surface area contributed by atoms with E-state index in [1.54, 1.807) is 25.3 Å². The van der Waals surface area contributed by atoms with E-state index >= 15 is 0 Å². The molecule has 0 bridgehead atoms. The molecule has 2 rings (SSSR count). The highest BCUT2D eigenvalue weighted by Crippen LogP contribution is 2.29. The van der Waals surface area contributed by atoms with Gasteiger partial charge in [-0.25, -0.2) is 0 Å². The SMILES string of the molecule is COc1cc(C=C(C#N)C(=O)NC2CCCCC2)ccc1OC(C)C. The number of carbonyl (C=O) groups excluding carboxylic acids is 1. The highest BCUT2D eigenvalue weighted by atomic mass is 16.5. The van der Waals surface area contributed by atoms with Gasteiger partial charge in [0.25, 0.3) is 5.91 Å². The van der Waals surface area contributed by atoms with Crippen molar-refractivity contribution in [3.05, 3.63) is 29.3 Å². The summed E-state index contributed by atoms with van der Waals surface area (Å²) in [6, 6.07) is 7.54. The molecule has 134 valence electrons. The molecule has 0 atom stereocenters. The van der Waals surface area contributed by atoms with E-state index in [0.717, 1.165) is 31.2 Å². The smallest absolute Gasteiger partial charge is 0.262 e. The van der Waals surface area contributed by atoms with Crippen molar-refractivity contribution in [2.75, 3.05) is 7.11 Å². The Balaban J connectivity index is 2.15. The maximum Gasteiger partial charge on any atom is 0.262 e. The molecule has 1 aliphatic carbocycles. The van der Waals surface area contributed by atoms with Crippen LogP contribution in [0.3, 0.4) is 0 Å². The second-order valence-corrected chi connectivity index (χ2v) is 6.56. The van der Waals surface area contributed by atoms with Gasteiger partial charge in [-0.05, 0) is 50.5 Å². The largest absolute Gasteiger partial charge is 0.493 e. The van der Waals surface area contributed by atoms with Crippen LogP contribution in [0, 0.1) is 11.3 Å². The second-order valence-electron chi connectivity index (χ2n) is 6.56. The minimum atomic E-state index is -0.309. The fourth-order valence-corrected chi connectivity index (χ4v) is 2.95. The molecule has 0 spiro atoms. The van der Waals surface area contributed by atoms with Crippen LogP contribution in [-0.2, 0) is 4.79 Å². The lowest BCUT2D eigenvalue weighted by molar-refractivity contribution is -0.117. The number of amides is 1. The lowest BCUT2D eigenvalue weighted by atomic mass is 9.95. The zero-order valence-electron chi connectivity index (χ0n) is 15.2. The lowest BCUT2D eigenvalue weighted by Gasteiger charge is -2.22. The fraction of sp³-hybridized carbons (Fsp3) is 0.500. The molecule has 1 aromatic carbocycles. The molecular formula is C20H26N2O3. The molecule has 25 heavy (non-hydrogen) atoms. The second kappa shape index (κ2) is 9.12. The van der Waals surface area contributed by atoms with Crippen molar-refractivity contribution >= 4 is 12.0 Å². The van der Waals surface area contributed by atoms with Crippen molar-refractivity contribution in [1.82, 2.24) is 5.32 Å². The summed E-state index contributed by atoms with van der Waals surface area (Å²) in [7, 11) is 1.57. The average Bonchev–Trinajstić information content (AvgIpc) is 2.61. The Bertz CT molecular complexity index is 668. The number of benzene rings is 1. The molecule has 1 N–H and O–H groups in total. The Kier molecular flexibility index (Phi) is 6.88. The number of carbonyl (C=O) groups is 1. The molecule has 1 saturated carbocycles. The molecule has 0 unspecified atom stereocenters. The van der Waals surface area contributed by atoms with Gasteiger partial charge >= 0.3 is 0 Å². The van der Waals surface area contributed by atoms with E-state index in [1.165, 1.54) is 6.42 Å². The van der Waals surface area contributed by atoms with Gasteiger partial charge in [0.1, 0.15) is 11.6 Å². The number of nitrogens with zero attached hydrogens (tertiary/aromatic N) is 1. The van der Waals surface area contributed by atoms with E-state index < -0.39 is 0 Å². The number of hydrogen-bond acceptors (Lipinski definition) is 4. The van der Waals surface area contributed by atoms with E-state index in [9.17, 15) is 10.1 Å². The molecule has 1 aromatic rings. The number of rotatable bonds is 6. The minimum absolute atomic E-state index is 0.0335. The van der Waals surface area contributed by atoms with Crippen LogP contribution < -0.4 is 14.8 Å². The van der Waals surface area contributed by atoms with Crippen LogP contribution in [0.5, 0.6) is 11.5 Å². The fourth-order valence-electron chi connectivity index (χ4n) is 2.95. The first-order chi connectivity index (χ1) is 12.0. The van der Waals surface area contributed by atoms with Gasteiger partial charge in [0, 0.05) is 6.04 Å². The molecule has 0 aromatic heterocycles. The number of hydrogen-bond donors (Lipinski definition) is 1. The predicted molar refractivity (Wildman–Crippen MR) is 97.4 cm³/mol. The summed E-state index contributed by atoms with van der Waals surface area (Å²) in [5, 5.41) is 12.3. The number of ether oxygens (including phenoxy) is 2. The van der Waals surface area contributed by atoms with Crippen LogP contribution in [-0.4, -0.2) is 25.2 Å². The first-order valence-electron chi connectivity index (χ1n) is 8.81. The first-order valence-corrected chi connectivity index (χ1v) is 8.81. The third-order valence-corrected chi connectivity index (χ3v) is 4.17. The van der Waals surface area contributed by atoms with Gasteiger partial charge in [-0.1, -0.05) is 25.3 Å². The maximum absolute atomic E-state index is 12.4. The number of methoxy groups -OCH3 is 1. The quantitative estimate of drug-likeness (QED) is 0.630. The molecule has 1 aliphatic rings. The van der Waals surface area contributed by atoms with E-state index in [-0.39, 0.29) is 23.6 Å². The van der Waals surface area contributed by atoms with Gasteiger partial charge in [0.2, 0.25) is 0 Å². The van der Waals surface area contributed by atoms with Crippen molar-refractivity contribution in [2.45, 2.75) is 58.1 Å². The van der Waals surface area contributed by atoms with E-state index in [1.807, 2.05) is 26.0 Å². The van der Waals surface area contributed by atoms with Gasteiger partial charge in [0.05, 0.1) is 13.2 Å². The Hall–Kier alpha value is -2.48. The topological polar surface area (TPSA) is 71.3 Å². The van der Waals surface area contributed by atoms with E-state index in [2.05, 4.69) is 5.32 Å². The van der Waals surface area contributed by atoms with Gasteiger partial charge in [-0.15, -0.1) is 0 Å². The maximum atomic E-state index is 12.4. The minimum Gasteiger partial charge on any atom is -0.493 e. The van der Waals surface area contributed by atoms with Crippen LogP contribution in [0.4, 0.5) is 0 Å². The third-order valence-electron chi connectivity index (χ3n) is 4.17. The summed E-state index contributed by atoms with van der Waals surface area (Å²) in [5.74, 6) is 0.906. The first kappa shape index (κ1) is 18.9. The summed E-state index contributed by atoms with van der Waals surface area (Å²) < 4.78 is 11.0. The summed E-state index contributed by atoms with van der Waals surface area (Å²) in [6.45, 7) is 3.88. The summed E-state index contributed by atoms with van der Waals surface area (Å²) in [6.07, 6.45) is 7.07. The van der Waals surface area contributed by atoms with Crippen LogP contribution >= 0.6 is 0 Å². The zero-order chi connectivity index (χ0) is 18.2. The molecular weight excluding hydrogens is 316 g/mol.